The average Bonchev–Trinajstić information content (AvgIpc) is 3.01. The Hall–Kier alpha value is -0.910. The molecule has 0 amide bonds. The molecule has 4 rings (SSSR count). The van der Waals surface area contributed by atoms with E-state index in [4.69, 9.17) is 10.2 Å². The molecule has 122 valence electrons. The number of nitrogens with one attached hydrogen (secondary N) is 1. The minimum absolute atomic E-state index is 0.0531. The van der Waals surface area contributed by atoms with Gasteiger partial charge >= 0.3 is 0 Å². The third-order valence-electron chi connectivity index (χ3n) is 5.86. The van der Waals surface area contributed by atoms with Gasteiger partial charge in [-0.05, 0) is 38.5 Å². The van der Waals surface area contributed by atoms with Gasteiger partial charge in [-0.2, -0.15) is 10.2 Å². The first-order valence-electron chi connectivity index (χ1n) is 8.76. The van der Waals surface area contributed by atoms with Crippen molar-refractivity contribution in [3.63, 3.8) is 0 Å². The van der Waals surface area contributed by atoms with Crippen LogP contribution >= 0.6 is 11.8 Å². The van der Waals surface area contributed by atoms with E-state index in [0.29, 0.717) is 0 Å². The van der Waals surface area contributed by atoms with Gasteiger partial charge in [-0.25, -0.2) is 0 Å². The second-order valence-electron chi connectivity index (χ2n) is 7.23. The predicted octanol–water partition coefficient (Wildman–Crippen LogP) is 3.15. The van der Waals surface area contributed by atoms with Gasteiger partial charge in [0, 0.05) is 14.1 Å². The average molecular weight is 321 g/mol. The minimum atomic E-state index is 0.0531. The van der Waals surface area contributed by atoms with Gasteiger partial charge in [0.2, 0.25) is 0 Å². The number of rotatable bonds is 1. The van der Waals surface area contributed by atoms with Crippen molar-refractivity contribution in [2.45, 2.75) is 74.7 Å². The molecule has 0 saturated heterocycles. The van der Waals surface area contributed by atoms with Crippen LogP contribution in [0, 0.1) is 0 Å². The smallest absolute Gasteiger partial charge is 0.182 e. The van der Waals surface area contributed by atoms with Crippen molar-refractivity contribution < 1.29 is 0 Å². The van der Waals surface area contributed by atoms with E-state index in [-0.39, 0.29) is 10.5 Å². The number of thioether (sulfide) groups is 1. The van der Waals surface area contributed by atoms with E-state index in [0.717, 1.165) is 10.9 Å². The van der Waals surface area contributed by atoms with Crippen molar-refractivity contribution in [1.29, 1.82) is 0 Å². The van der Waals surface area contributed by atoms with E-state index in [9.17, 15) is 0 Å². The zero-order chi connectivity index (χ0) is 15.2. The Morgan fingerprint density at radius 3 is 2.18 bits per heavy atom. The lowest BCUT2D eigenvalue weighted by atomic mass is 9.89. The molecule has 2 fully saturated rings. The third-order valence-corrected chi connectivity index (χ3v) is 7.38. The first kappa shape index (κ1) is 14.7. The number of amidine groups is 1. The quantitative estimate of drug-likeness (QED) is 0.806. The summed E-state index contributed by atoms with van der Waals surface area (Å²) in [7, 11) is 4.26. The standard InChI is InChI=1S/C16H27N5S/c1-20-15(9-5-3-6-10-15)17-13(18-20)14-19-21(2)16(22-14)11-7-4-8-12-16/h3-12H2,1-2H3,(H,17,18). The van der Waals surface area contributed by atoms with Gasteiger partial charge in [-0.1, -0.05) is 37.4 Å². The van der Waals surface area contributed by atoms with E-state index < -0.39 is 0 Å². The molecule has 0 radical (unpaired) electrons. The molecule has 0 bridgehead atoms. The maximum atomic E-state index is 4.85. The Morgan fingerprint density at radius 1 is 0.864 bits per heavy atom. The molecule has 0 unspecified atom stereocenters. The molecule has 0 aromatic rings. The van der Waals surface area contributed by atoms with Gasteiger partial charge in [-0.3, -0.25) is 10.0 Å². The molecule has 2 aliphatic heterocycles. The van der Waals surface area contributed by atoms with Crippen molar-refractivity contribution in [2.24, 2.45) is 10.2 Å². The Bertz CT molecular complexity index is 457. The number of hydrogen-bond acceptors (Lipinski definition) is 6. The number of hydrogen-bond donors (Lipinski definition) is 1. The van der Waals surface area contributed by atoms with Crippen molar-refractivity contribution >= 4 is 22.6 Å². The minimum Gasteiger partial charge on any atom is -0.343 e. The first-order chi connectivity index (χ1) is 10.6. The highest BCUT2D eigenvalue weighted by Gasteiger charge is 2.47. The molecular weight excluding hydrogens is 294 g/mol. The van der Waals surface area contributed by atoms with Gasteiger partial charge < -0.3 is 5.32 Å². The van der Waals surface area contributed by atoms with Crippen LogP contribution in [0.2, 0.25) is 0 Å². The highest BCUT2D eigenvalue weighted by atomic mass is 32.2. The molecule has 4 aliphatic rings. The SMILES string of the molecule is CN1N=C(C2=NN(C)C3(CCCCC3)S2)NC12CCCCC2. The predicted molar refractivity (Wildman–Crippen MR) is 92.8 cm³/mol. The van der Waals surface area contributed by atoms with Crippen LogP contribution in [0.15, 0.2) is 10.2 Å². The number of hydrazone groups is 2. The summed E-state index contributed by atoms with van der Waals surface area (Å²) < 4.78 is 0. The molecule has 2 heterocycles. The van der Waals surface area contributed by atoms with Gasteiger partial charge in [0.1, 0.15) is 10.5 Å². The third kappa shape index (κ3) is 2.22. The van der Waals surface area contributed by atoms with Crippen LogP contribution < -0.4 is 5.32 Å². The van der Waals surface area contributed by atoms with Gasteiger partial charge in [0.25, 0.3) is 0 Å². The van der Waals surface area contributed by atoms with E-state index >= 15 is 0 Å². The molecule has 5 nitrogen and oxygen atoms in total. The fourth-order valence-corrected chi connectivity index (χ4v) is 5.75. The van der Waals surface area contributed by atoms with Crippen LogP contribution in [0.1, 0.15) is 64.2 Å². The summed E-state index contributed by atoms with van der Waals surface area (Å²) in [5.74, 6) is 1.00. The lowest BCUT2D eigenvalue weighted by Crippen LogP contribution is -2.53. The van der Waals surface area contributed by atoms with Crippen LogP contribution in [0.4, 0.5) is 0 Å². The lowest BCUT2D eigenvalue weighted by molar-refractivity contribution is 0.0843. The summed E-state index contributed by atoms with van der Waals surface area (Å²) in [6.45, 7) is 0. The Labute approximate surface area is 137 Å². The molecule has 2 aliphatic carbocycles. The highest BCUT2D eigenvalue weighted by molar-refractivity contribution is 8.17. The van der Waals surface area contributed by atoms with Crippen molar-refractivity contribution in [3.05, 3.63) is 0 Å². The van der Waals surface area contributed by atoms with Crippen LogP contribution in [0.3, 0.4) is 0 Å². The zero-order valence-corrected chi connectivity index (χ0v) is 14.6. The maximum absolute atomic E-state index is 4.85. The second kappa shape index (κ2) is 5.32. The molecule has 1 N–H and O–H groups in total. The Kier molecular flexibility index (Phi) is 3.55. The summed E-state index contributed by atoms with van der Waals surface area (Å²) in [5.41, 5.74) is 0.0531. The molecule has 0 aromatic heterocycles. The summed E-state index contributed by atoms with van der Waals surface area (Å²) >= 11 is 1.94. The normalized spacial score (nSPS) is 29.7. The zero-order valence-electron chi connectivity index (χ0n) is 13.8. The summed E-state index contributed by atoms with van der Waals surface area (Å²) in [5, 5.41) is 18.9. The molecule has 22 heavy (non-hydrogen) atoms. The van der Waals surface area contributed by atoms with Crippen LogP contribution in [-0.4, -0.2) is 45.5 Å². The summed E-state index contributed by atoms with van der Waals surface area (Å²) in [6, 6.07) is 0. The molecule has 2 spiro atoms. The van der Waals surface area contributed by atoms with Gasteiger partial charge in [0.15, 0.2) is 10.9 Å². The van der Waals surface area contributed by atoms with E-state index in [2.05, 4.69) is 29.4 Å². The topological polar surface area (TPSA) is 43.2 Å². The van der Waals surface area contributed by atoms with E-state index in [1.165, 1.54) is 64.2 Å². The monoisotopic (exact) mass is 321 g/mol. The Morgan fingerprint density at radius 2 is 1.50 bits per heavy atom. The molecular formula is C16H27N5S. The maximum Gasteiger partial charge on any atom is 0.182 e. The molecule has 2 saturated carbocycles. The second-order valence-corrected chi connectivity index (χ2v) is 8.58. The fourth-order valence-electron chi connectivity index (χ4n) is 4.37. The summed E-state index contributed by atoms with van der Waals surface area (Å²) in [6.07, 6.45) is 12.8. The van der Waals surface area contributed by atoms with Gasteiger partial charge in [0.05, 0.1) is 0 Å². The largest absolute Gasteiger partial charge is 0.343 e. The van der Waals surface area contributed by atoms with E-state index in [1.54, 1.807) is 0 Å². The molecule has 6 heteroatoms. The lowest BCUT2D eigenvalue weighted by Gasteiger charge is -2.39. The fraction of sp³-hybridized carbons (Fsp3) is 0.875. The van der Waals surface area contributed by atoms with E-state index in [1.807, 2.05) is 11.8 Å². The van der Waals surface area contributed by atoms with Crippen molar-refractivity contribution in [1.82, 2.24) is 15.3 Å². The Balaban J connectivity index is 1.51. The number of nitrogens with zero attached hydrogens (tertiary/aromatic N) is 4. The molecule has 0 atom stereocenters. The van der Waals surface area contributed by atoms with Crippen molar-refractivity contribution in [3.8, 4) is 0 Å². The van der Waals surface area contributed by atoms with Crippen LogP contribution in [0.5, 0.6) is 0 Å². The van der Waals surface area contributed by atoms with Crippen LogP contribution in [0.25, 0.3) is 0 Å². The highest BCUT2D eigenvalue weighted by Crippen LogP contribution is 2.47. The van der Waals surface area contributed by atoms with Gasteiger partial charge in [-0.15, -0.1) is 0 Å². The summed E-state index contributed by atoms with van der Waals surface area (Å²) in [4.78, 5) is 0.193. The van der Waals surface area contributed by atoms with Crippen molar-refractivity contribution in [2.75, 3.05) is 14.1 Å². The first-order valence-corrected chi connectivity index (χ1v) is 9.58. The molecule has 0 aromatic carbocycles. The van der Waals surface area contributed by atoms with Crippen LogP contribution in [-0.2, 0) is 0 Å².